The third kappa shape index (κ3) is 4.00. The molecule has 3 rings (SSSR count). The van der Waals surface area contributed by atoms with Gasteiger partial charge in [0, 0.05) is 0 Å². The SMILES string of the molecule is O=C([O-])c1c(OCc2ccccc2)ccc2c1OB(O)CO2.[Na+]. The molecule has 0 radical (unpaired) electrons. The summed E-state index contributed by atoms with van der Waals surface area (Å²) in [6, 6.07) is 12.3. The van der Waals surface area contributed by atoms with Gasteiger partial charge >= 0.3 is 36.7 Å². The third-order valence-electron chi connectivity index (χ3n) is 3.16. The van der Waals surface area contributed by atoms with Crippen molar-refractivity contribution in [2.24, 2.45) is 0 Å². The average Bonchev–Trinajstić information content (AvgIpc) is 2.52. The predicted octanol–water partition coefficient (Wildman–Crippen LogP) is -2.58. The number of carbonyl (C=O) groups excluding carboxylic acids is 1. The van der Waals surface area contributed by atoms with E-state index in [2.05, 4.69) is 0 Å². The van der Waals surface area contributed by atoms with Crippen LogP contribution in [0.3, 0.4) is 0 Å². The Bertz CT molecular complexity index is 694. The van der Waals surface area contributed by atoms with Crippen molar-refractivity contribution in [3.63, 3.8) is 0 Å². The third-order valence-corrected chi connectivity index (χ3v) is 3.16. The molecular weight excluding hydrogens is 310 g/mol. The van der Waals surface area contributed by atoms with Crippen molar-refractivity contribution in [2.75, 3.05) is 6.51 Å². The Hall–Kier alpha value is -1.67. The second-order valence-corrected chi connectivity index (χ2v) is 4.71. The molecule has 0 spiro atoms. The van der Waals surface area contributed by atoms with Gasteiger partial charge in [0.1, 0.15) is 18.9 Å². The van der Waals surface area contributed by atoms with Crippen LogP contribution < -0.4 is 48.8 Å². The number of ether oxygens (including phenoxy) is 2. The number of aromatic carboxylic acids is 1. The molecule has 0 fully saturated rings. The Morgan fingerprint density at radius 2 is 2.00 bits per heavy atom. The number of benzene rings is 2. The van der Waals surface area contributed by atoms with Gasteiger partial charge in [0.25, 0.3) is 0 Å². The van der Waals surface area contributed by atoms with Crippen LogP contribution in [0.1, 0.15) is 15.9 Å². The van der Waals surface area contributed by atoms with Crippen molar-refractivity contribution in [1.29, 1.82) is 0 Å². The van der Waals surface area contributed by atoms with E-state index in [1.165, 1.54) is 12.1 Å². The number of carbonyl (C=O) groups is 1. The van der Waals surface area contributed by atoms with Crippen molar-refractivity contribution < 1.29 is 58.6 Å². The second kappa shape index (κ2) is 7.74. The van der Waals surface area contributed by atoms with Gasteiger partial charge < -0.3 is 29.1 Å². The Morgan fingerprint density at radius 3 is 2.70 bits per heavy atom. The van der Waals surface area contributed by atoms with E-state index in [9.17, 15) is 14.9 Å². The molecule has 8 heteroatoms. The van der Waals surface area contributed by atoms with Crippen molar-refractivity contribution in [3.05, 3.63) is 53.6 Å². The minimum atomic E-state index is -1.46. The fourth-order valence-electron chi connectivity index (χ4n) is 2.16. The van der Waals surface area contributed by atoms with Crippen LogP contribution in [0.5, 0.6) is 17.2 Å². The van der Waals surface area contributed by atoms with E-state index in [4.69, 9.17) is 14.1 Å². The smallest absolute Gasteiger partial charge is 0.545 e. The quantitative estimate of drug-likeness (QED) is 0.623. The van der Waals surface area contributed by atoms with Gasteiger partial charge in [-0.1, -0.05) is 30.3 Å². The molecule has 1 N–H and O–H groups in total. The molecular formula is C15H12BNaO6. The first-order valence-corrected chi connectivity index (χ1v) is 6.68. The van der Waals surface area contributed by atoms with Crippen LogP contribution in [-0.2, 0) is 6.61 Å². The van der Waals surface area contributed by atoms with Gasteiger partial charge in [-0.05, 0) is 17.7 Å². The molecule has 0 saturated heterocycles. The van der Waals surface area contributed by atoms with E-state index >= 15 is 0 Å². The molecule has 0 atom stereocenters. The molecule has 0 unspecified atom stereocenters. The molecule has 1 aliphatic rings. The van der Waals surface area contributed by atoms with Gasteiger partial charge in [0.2, 0.25) is 0 Å². The van der Waals surface area contributed by atoms with E-state index in [1.807, 2.05) is 30.3 Å². The van der Waals surface area contributed by atoms with E-state index in [1.54, 1.807) is 0 Å². The first kappa shape index (κ1) is 17.7. The number of carboxylic acid groups (broad SMARTS) is 1. The van der Waals surface area contributed by atoms with Gasteiger partial charge in [0.05, 0.1) is 11.5 Å². The number of hydrogen-bond acceptors (Lipinski definition) is 6. The molecule has 0 bridgehead atoms. The van der Waals surface area contributed by atoms with E-state index in [0.717, 1.165) is 5.56 Å². The summed E-state index contributed by atoms with van der Waals surface area (Å²) in [6.07, 6.45) is 0. The Kier molecular flexibility index (Phi) is 5.95. The minimum absolute atomic E-state index is 0. The molecule has 6 nitrogen and oxygen atoms in total. The average molecular weight is 322 g/mol. The maximum Gasteiger partial charge on any atom is 1.00 e. The van der Waals surface area contributed by atoms with Crippen LogP contribution in [-0.4, -0.2) is 24.6 Å². The summed E-state index contributed by atoms with van der Waals surface area (Å²) in [4.78, 5) is 11.4. The van der Waals surface area contributed by atoms with Crippen molar-refractivity contribution in [2.45, 2.75) is 6.61 Å². The van der Waals surface area contributed by atoms with E-state index < -0.39 is 13.1 Å². The number of carboxylic acids is 1. The van der Waals surface area contributed by atoms with Crippen LogP contribution in [0.25, 0.3) is 0 Å². The zero-order chi connectivity index (χ0) is 15.5. The summed E-state index contributed by atoms with van der Waals surface area (Å²) < 4.78 is 15.9. The molecule has 23 heavy (non-hydrogen) atoms. The van der Waals surface area contributed by atoms with Gasteiger partial charge in [-0.2, -0.15) is 0 Å². The van der Waals surface area contributed by atoms with Crippen molar-refractivity contribution in [1.82, 2.24) is 0 Å². The maximum atomic E-state index is 11.4. The van der Waals surface area contributed by atoms with Gasteiger partial charge in [-0.15, -0.1) is 0 Å². The number of fused-ring (bicyclic) bond motifs is 1. The molecule has 0 aromatic heterocycles. The summed E-state index contributed by atoms with van der Waals surface area (Å²) in [7, 11) is -1.23. The first-order valence-electron chi connectivity index (χ1n) is 6.68. The van der Waals surface area contributed by atoms with E-state index in [-0.39, 0.29) is 65.5 Å². The summed E-state index contributed by atoms with van der Waals surface area (Å²) in [5.74, 6) is -1.21. The predicted molar refractivity (Wildman–Crippen MR) is 75.6 cm³/mol. The number of rotatable bonds is 4. The monoisotopic (exact) mass is 322 g/mol. The molecule has 1 aliphatic heterocycles. The van der Waals surface area contributed by atoms with Crippen molar-refractivity contribution in [3.8, 4) is 17.2 Å². The summed E-state index contributed by atoms with van der Waals surface area (Å²) in [5, 5.41) is 20.9. The minimum Gasteiger partial charge on any atom is -0.545 e. The Balaban J connectivity index is 0.00000192. The number of hydrogen-bond donors (Lipinski definition) is 1. The maximum absolute atomic E-state index is 11.4. The molecule has 112 valence electrons. The summed E-state index contributed by atoms with van der Waals surface area (Å²) in [5.41, 5.74) is 0.619. The van der Waals surface area contributed by atoms with Gasteiger partial charge in [-0.3, -0.25) is 0 Å². The topological polar surface area (TPSA) is 88.1 Å². The fraction of sp³-hybridized carbons (Fsp3) is 0.133. The normalized spacial score (nSPS) is 12.3. The van der Waals surface area contributed by atoms with Gasteiger partial charge in [0.15, 0.2) is 11.5 Å². The standard InChI is InChI=1S/C15H13BO6.Na/c17-15(18)13-11(20-8-10-4-2-1-3-5-10)6-7-12-14(13)22-16(19)9-21-12;/h1-7,19H,8-9H2,(H,17,18);/q;+1/p-1. The molecule has 0 amide bonds. The Morgan fingerprint density at radius 1 is 1.26 bits per heavy atom. The summed E-state index contributed by atoms with van der Waals surface area (Å²) >= 11 is 0. The zero-order valence-electron chi connectivity index (χ0n) is 12.5. The largest absolute Gasteiger partial charge is 1.00 e. The molecule has 1 heterocycles. The molecule has 0 saturated carbocycles. The Labute approximate surface area is 155 Å². The van der Waals surface area contributed by atoms with Crippen LogP contribution in [0.4, 0.5) is 0 Å². The van der Waals surface area contributed by atoms with Crippen LogP contribution in [0.15, 0.2) is 42.5 Å². The van der Waals surface area contributed by atoms with Gasteiger partial charge in [-0.25, -0.2) is 0 Å². The first-order chi connectivity index (χ1) is 10.6. The molecule has 2 aromatic rings. The van der Waals surface area contributed by atoms with E-state index in [0.29, 0.717) is 0 Å². The molecule has 2 aromatic carbocycles. The van der Waals surface area contributed by atoms with Crippen molar-refractivity contribution >= 4 is 13.1 Å². The second-order valence-electron chi connectivity index (χ2n) is 4.71. The fourth-order valence-corrected chi connectivity index (χ4v) is 2.16. The van der Waals surface area contributed by atoms with Crippen LogP contribution in [0, 0.1) is 0 Å². The summed E-state index contributed by atoms with van der Waals surface area (Å²) in [6.45, 7) is 0.132. The van der Waals surface area contributed by atoms with Crippen LogP contribution in [0.2, 0.25) is 0 Å². The van der Waals surface area contributed by atoms with Crippen LogP contribution >= 0.6 is 0 Å². The zero-order valence-corrected chi connectivity index (χ0v) is 14.5. The molecule has 0 aliphatic carbocycles.